The Morgan fingerprint density at radius 3 is 2.69 bits per heavy atom. The van der Waals surface area contributed by atoms with E-state index in [0.29, 0.717) is 5.92 Å². The van der Waals surface area contributed by atoms with E-state index in [2.05, 4.69) is 41.2 Å². The number of hydrogen-bond donors (Lipinski definition) is 1. The van der Waals surface area contributed by atoms with Gasteiger partial charge in [0.25, 0.3) is 0 Å². The van der Waals surface area contributed by atoms with Crippen LogP contribution in [0.15, 0.2) is 28.7 Å². The molecule has 0 bridgehead atoms. The van der Waals surface area contributed by atoms with Gasteiger partial charge in [0.2, 0.25) is 0 Å². The molecule has 1 atom stereocenters. The summed E-state index contributed by atoms with van der Waals surface area (Å²) in [7, 11) is 0. The number of hydrogen-bond acceptors (Lipinski definition) is 2. The number of nitriles is 1. The monoisotopic (exact) mass is 280 g/mol. The van der Waals surface area contributed by atoms with Crippen LogP contribution in [0.5, 0.6) is 0 Å². The van der Waals surface area contributed by atoms with Gasteiger partial charge in [-0.3, -0.25) is 0 Å². The van der Waals surface area contributed by atoms with E-state index in [-0.39, 0.29) is 0 Å². The van der Waals surface area contributed by atoms with Gasteiger partial charge in [-0.1, -0.05) is 35.8 Å². The molecule has 0 fully saturated rings. The van der Waals surface area contributed by atoms with Gasteiger partial charge in [0.15, 0.2) is 0 Å². The maximum absolute atomic E-state index is 9.24. The minimum absolute atomic E-state index is 0.490. The minimum Gasteiger partial charge on any atom is -0.368 e. The van der Waals surface area contributed by atoms with Crippen LogP contribution >= 0.6 is 15.9 Å². The third kappa shape index (κ3) is 3.86. The fraction of sp³-hybridized carbons (Fsp3) is 0.462. The smallest absolute Gasteiger partial charge is 0.122 e. The first-order valence-corrected chi connectivity index (χ1v) is 6.19. The molecular formula is C13H17BrN2. The van der Waals surface area contributed by atoms with E-state index in [9.17, 15) is 5.26 Å². The molecule has 0 amide bonds. The quantitative estimate of drug-likeness (QED) is 0.898. The Morgan fingerprint density at radius 1 is 1.50 bits per heavy atom. The highest BCUT2D eigenvalue weighted by Crippen LogP contribution is 2.23. The lowest BCUT2D eigenvalue weighted by atomic mass is 9.92. The van der Waals surface area contributed by atoms with Crippen molar-refractivity contribution in [2.75, 3.05) is 5.32 Å². The lowest BCUT2D eigenvalue weighted by molar-refractivity contribution is 0.474. The lowest BCUT2D eigenvalue weighted by Crippen LogP contribution is -2.34. The van der Waals surface area contributed by atoms with Crippen molar-refractivity contribution in [1.82, 2.24) is 0 Å². The second-order valence-electron chi connectivity index (χ2n) is 4.68. The van der Waals surface area contributed by atoms with Crippen molar-refractivity contribution in [3.05, 3.63) is 28.7 Å². The first-order chi connectivity index (χ1) is 7.45. The predicted molar refractivity (Wildman–Crippen MR) is 71.2 cm³/mol. The molecular weight excluding hydrogens is 264 g/mol. The van der Waals surface area contributed by atoms with Crippen LogP contribution in [0.4, 0.5) is 5.69 Å². The standard InChI is InChI=1S/C13H17BrN2/c1-10(2)8-13(3,9-15)16-12-6-4-5-11(14)7-12/h4-7,10,16H,8H2,1-3H3. The van der Waals surface area contributed by atoms with Gasteiger partial charge in [-0.15, -0.1) is 0 Å². The zero-order chi connectivity index (χ0) is 12.2. The summed E-state index contributed by atoms with van der Waals surface area (Å²) >= 11 is 3.42. The zero-order valence-corrected chi connectivity index (χ0v) is 11.5. The molecule has 2 nitrogen and oxygen atoms in total. The van der Waals surface area contributed by atoms with E-state index in [4.69, 9.17) is 0 Å². The van der Waals surface area contributed by atoms with Crippen LogP contribution in [0.3, 0.4) is 0 Å². The van der Waals surface area contributed by atoms with E-state index < -0.39 is 5.54 Å². The average Bonchev–Trinajstić information content (AvgIpc) is 2.16. The van der Waals surface area contributed by atoms with Gasteiger partial charge >= 0.3 is 0 Å². The van der Waals surface area contributed by atoms with Gasteiger partial charge in [0, 0.05) is 10.2 Å². The van der Waals surface area contributed by atoms with Crippen LogP contribution < -0.4 is 5.32 Å². The fourth-order valence-electron chi connectivity index (χ4n) is 1.83. The van der Waals surface area contributed by atoms with Gasteiger partial charge in [0.1, 0.15) is 5.54 Å². The van der Waals surface area contributed by atoms with Crippen molar-refractivity contribution in [2.24, 2.45) is 5.92 Å². The summed E-state index contributed by atoms with van der Waals surface area (Å²) in [4.78, 5) is 0. The lowest BCUT2D eigenvalue weighted by Gasteiger charge is -2.26. The molecule has 1 rings (SSSR count). The van der Waals surface area contributed by atoms with Gasteiger partial charge in [-0.25, -0.2) is 0 Å². The molecule has 0 saturated carbocycles. The number of benzene rings is 1. The highest BCUT2D eigenvalue weighted by Gasteiger charge is 2.24. The summed E-state index contributed by atoms with van der Waals surface area (Å²) in [6, 6.07) is 10.2. The summed E-state index contributed by atoms with van der Waals surface area (Å²) in [5.41, 5.74) is 0.466. The molecule has 0 saturated heterocycles. The molecule has 0 aliphatic carbocycles. The van der Waals surface area contributed by atoms with Crippen molar-refractivity contribution >= 4 is 21.6 Å². The Balaban J connectivity index is 2.81. The molecule has 0 heterocycles. The highest BCUT2D eigenvalue weighted by molar-refractivity contribution is 9.10. The molecule has 1 aromatic rings. The Morgan fingerprint density at radius 2 is 2.19 bits per heavy atom. The second kappa shape index (κ2) is 5.36. The Labute approximate surface area is 106 Å². The Hall–Kier alpha value is -1.01. The highest BCUT2D eigenvalue weighted by atomic mass is 79.9. The van der Waals surface area contributed by atoms with Gasteiger partial charge in [0.05, 0.1) is 6.07 Å². The van der Waals surface area contributed by atoms with Crippen LogP contribution in [0.1, 0.15) is 27.2 Å². The number of nitrogens with one attached hydrogen (secondary N) is 1. The normalized spacial score (nSPS) is 14.2. The average molecular weight is 281 g/mol. The van der Waals surface area contributed by atoms with Crippen LogP contribution in [0.25, 0.3) is 0 Å². The van der Waals surface area contributed by atoms with Crippen LogP contribution in [0, 0.1) is 17.2 Å². The molecule has 3 heteroatoms. The first kappa shape index (κ1) is 13.1. The molecule has 1 N–H and O–H groups in total. The Bertz CT molecular complexity index is 395. The van der Waals surface area contributed by atoms with E-state index in [1.807, 2.05) is 31.2 Å². The number of rotatable bonds is 4. The van der Waals surface area contributed by atoms with Crippen LogP contribution in [0.2, 0.25) is 0 Å². The van der Waals surface area contributed by atoms with Crippen LogP contribution in [-0.4, -0.2) is 5.54 Å². The van der Waals surface area contributed by atoms with Crippen molar-refractivity contribution < 1.29 is 0 Å². The summed E-state index contributed by atoms with van der Waals surface area (Å²) in [5, 5.41) is 12.5. The molecule has 86 valence electrons. The zero-order valence-electron chi connectivity index (χ0n) is 9.92. The summed E-state index contributed by atoms with van der Waals surface area (Å²) in [6.07, 6.45) is 0.829. The minimum atomic E-state index is -0.505. The maximum atomic E-state index is 9.24. The molecule has 0 aliphatic heterocycles. The van der Waals surface area contributed by atoms with E-state index in [1.54, 1.807) is 0 Å². The third-order valence-electron chi connectivity index (χ3n) is 2.31. The predicted octanol–water partition coefficient (Wildman–Crippen LogP) is 4.19. The topological polar surface area (TPSA) is 35.8 Å². The molecule has 0 spiro atoms. The van der Waals surface area contributed by atoms with E-state index in [0.717, 1.165) is 16.6 Å². The molecule has 16 heavy (non-hydrogen) atoms. The molecule has 1 unspecified atom stereocenters. The number of halogens is 1. The summed E-state index contributed by atoms with van der Waals surface area (Å²) in [5.74, 6) is 0.490. The third-order valence-corrected chi connectivity index (χ3v) is 2.80. The first-order valence-electron chi connectivity index (χ1n) is 5.40. The Kier molecular flexibility index (Phi) is 4.37. The SMILES string of the molecule is CC(C)CC(C)(C#N)Nc1cccc(Br)c1. The maximum Gasteiger partial charge on any atom is 0.122 e. The van der Waals surface area contributed by atoms with E-state index >= 15 is 0 Å². The molecule has 1 aromatic carbocycles. The number of nitrogens with zero attached hydrogens (tertiary/aromatic N) is 1. The van der Waals surface area contributed by atoms with Gasteiger partial charge in [-0.05, 0) is 37.5 Å². The second-order valence-corrected chi connectivity index (χ2v) is 5.59. The molecule has 0 aliphatic rings. The van der Waals surface area contributed by atoms with Gasteiger partial charge in [-0.2, -0.15) is 5.26 Å². The van der Waals surface area contributed by atoms with Crippen molar-refractivity contribution in [3.63, 3.8) is 0 Å². The van der Waals surface area contributed by atoms with Crippen molar-refractivity contribution in [3.8, 4) is 6.07 Å². The van der Waals surface area contributed by atoms with Gasteiger partial charge < -0.3 is 5.32 Å². The van der Waals surface area contributed by atoms with Crippen molar-refractivity contribution in [1.29, 1.82) is 5.26 Å². The molecule has 0 aromatic heterocycles. The molecule has 0 radical (unpaired) electrons. The van der Waals surface area contributed by atoms with Crippen LogP contribution in [-0.2, 0) is 0 Å². The largest absolute Gasteiger partial charge is 0.368 e. The van der Waals surface area contributed by atoms with Crippen molar-refractivity contribution in [2.45, 2.75) is 32.7 Å². The summed E-state index contributed by atoms with van der Waals surface area (Å²) < 4.78 is 1.02. The summed E-state index contributed by atoms with van der Waals surface area (Å²) in [6.45, 7) is 6.18. The van der Waals surface area contributed by atoms with E-state index in [1.165, 1.54) is 0 Å². The number of anilines is 1. The fourth-order valence-corrected chi connectivity index (χ4v) is 2.23.